The molecule has 0 saturated carbocycles. The Labute approximate surface area is 164 Å². The summed E-state index contributed by atoms with van der Waals surface area (Å²) in [7, 11) is 0. The standard InChI is InChI=1S/C17H14Cl2N4O4/c18-12-5-2-6-13(15(12)19)22-16(25)17(26)23-21-8-10-3-1-4-11(7-10)27-9-14(20)24/h1-8H,9H2,(H2,20,24)(H,22,25)(H,23,26)/b21-8+. The smallest absolute Gasteiger partial charge is 0.329 e. The molecule has 0 atom stereocenters. The van der Waals surface area contributed by atoms with Crippen LogP contribution in [0.15, 0.2) is 47.6 Å². The van der Waals surface area contributed by atoms with Crippen molar-refractivity contribution in [1.82, 2.24) is 5.43 Å². The number of hydrogen-bond acceptors (Lipinski definition) is 5. The van der Waals surface area contributed by atoms with E-state index in [0.29, 0.717) is 11.3 Å². The molecule has 2 aromatic rings. The van der Waals surface area contributed by atoms with Crippen LogP contribution >= 0.6 is 23.2 Å². The number of halogens is 2. The number of rotatable bonds is 6. The fourth-order valence-electron chi connectivity index (χ4n) is 1.83. The number of nitrogens with two attached hydrogens (primary N) is 1. The van der Waals surface area contributed by atoms with Crippen LogP contribution in [0, 0.1) is 0 Å². The molecule has 10 heteroatoms. The molecule has 0 aliphatic rings. The number of amides is 3. The Bertz CT molecular complexity index is 902. The van der Waals surface area contributed by atoms with Gasteiger partial charge < -0.3 is 15.8 Å². The van der Waals surface area contributed by atoms with Crippen LogP contribution in [-0.4, -0.2) is 30.5 Å². The van der Waals surface area contributed by atoms with Crippen molar-refractivity contribution >= 4 is 52.8 Å². The molecular formula is C17H14Cl2N4O4. The Morgan fingerprint density at radius 1 is 1.11 bits per heavy atom. The van der Waals surface area contributed by atoms with Crippen molar-refractivity contribution in [2.24, 2.45) is 10.8 Å². The molecule has 0 aliphatic carbocycles. The molecule has 3 amide bonds. The molecule has 0 aliphatic heterocycles. The third-order valence-corrected chi connectivity index (χ3v) is 3.84. The van der Waals surface area contributed by atoms with Crippen LogP contribution in [0.2, 0.25) is 10.0 Å². The second kappa shape index (κ2) is 9.56. The van der Waals surface area contributed by atoms with Gasteiger partial charge in [0.15, 0.2) is 6.61 Å². The Hall–Kier alpha value is -3.10. The molecule has 0 bridgehead atoms. The summed E-state index contributed by atoms with van der Waals surface area (Å²) in [6, 6.07) is 11.2. The number of carbonyl (C=O) groups excluding carboxylic acids is 3. The van der Waals surface area contributed by atoms with E-state index >= 15 is 0 Å². The molecule has 27 heavy (non-hydrogen) atoms. The highest BCUT2D eigenvalue weighted by Crippen LogP contribution is 2.29. The minimum absolute atomic E-state index is 0.122. The molecule has 0 radical (unpaired) electrons. The minimum Gasteiger partial charge on any atom is -0.484 e. The molecule has 0 spiro atoms. The molecule has 0 saturated heterocycles. The van der Waals surface area contributed by atoms with Crippen LogP contribution < -0.4 is 21.2 Å². The van der Waals surface area contributed by atoms with E-state index in [-0.39, 0.29) is 22.3 Å². The van der Waals surface area contributed by atoms with Crippen LogP contribution in [0.4, 0.5) is 5.69 Å². The third kappa shape index (κ3) is 6.28. The first-order valence-corrected chi connectivity index (χ1v) is 8.22. The number of primary amides is 1. The van der Waals surface area contributed by atoms with Gasteiger partial charge >= 0.3 is 11.8 Å². The number of ether oxygens (including phenoxy) is 1. The van der Waals surface area contributed by atoms with Crippen LogP contribution in [0.25, 0.3) is 0 Å². The van der Waals surface area contributed by atoms with E-state index in [1.165, 1.54) is 12.3 Å². The minimum atomic E-state index is -0.997. The normalized spacial score (nSPS) is 10.4. The maximum absolute atomic E-state index is 11.9. The van der Waals surface area contributed by atoms with E-state index in [1.807, 2.05) is 0 Å². The van der Waals surface area contributed by atoms with Gasteiger partial charge in [0.05, 0.1) is 21.9 Å². The zero-order chi connectivity index (χ0) is 19.8. The summed E-state index contributed by atoms with van der Waals surface area (Å²) in [4.78, 5) is 34.4. The molecule has 140 valence electrons. The van der Waals surface area contributed by atoms with Crippen LogP contribution in [0.5, 0.6) is 5.75 Å². The van der Waals surface area contributed by atoms with E-state index in [9.17, 15) is 14.4 Å². The van der Waals surface area contributed by atoms with E-state index in [2.05, 4.69) is 15.8 Å². The first-order chi connectivity index (χ1) is 12.9. The molecule has 0 heterocycles. The van der Waals surface area contributed by atoms with Crippen LogP contribution in [0.3, 0.4) is 0 Å². The summed E-state index contributed by atoms with van der Waals surface area (Å²) in [6.45, 7) is -0.260. The maximum Gasteiger partial charge on any atom is 0.329 e. The molecule has 0 unspecified atom stereocenters. The largest absolute Gasteiger partial charge is 0.484 e. The number of anilines is 1. The Morgan fingerprint density at radius 3 is 2.59 bits per heavy atom. The summed E-state index contributed by atoms with van der Waals surface area (Å²) in [5, 5.41) is 6.38. The van der Waals surface area contributed by atoms with Crippen molar-refractivity contribution in [2.45, 2.75) is 0 Å². The van der Waals surface area contributed by atoms with E-state index in [4.69, 9.17) is 33.7 Å². The lowest BCUT2D eigenvalue weighted by Crippen LogP contribution is -2.32. The van der Waals surface area contributed by atoms with Gasteiger partial charge in [0, 0.05) is 0 Å². The van der Waals surface area contributed by atoms with Crippen LogP contribution in [-0.2, 0) is 14.4 Å². The third-order valence-electron chi connectivity index (χ3n) is 3.02. The van der Waals surface area contributed by atoms with Gasteiger partial charge in [-0.3, -0.25) is 14.4 Å². The van der Waals surface area contributed by atoms with Gasteiger partial charge in [-0.2, -0.15) is 5.10 Å². The SMILES string of the molecule is NC(=O)COc1cccc(/C=N/NC(=O)C(=O)Nc2cccc(Cl)c2Cl)c1. The predicted octanol–water partition coefficient (Wildman–Crippen LogP) is 1.95. The zero-order valence-electron chi connectivity index (χ0n) is 13.7. The van der Waals surface area contributed by atoms with E-state index in [1.54, 1.807) is 36.4 Å². The topological polar surface area (TPSA) is 123 Å². The maximum atomic E-state index is 11.9. The van der Waals surface area contributed by atoms with Crippen molar-refractivity contribution in [3.8, 4) is 5.75 Å². The number of nitrogens with zero attached hydrogens (tertiary/aromatic N) is 1. The van der Waals surface area contributed by atoms with Gasteiger partial charge in [0.2, 0.25) is 0 Å². The van der Waals surface area contributed by atoms with Crippen molar-refractivity contribution in [3.63, 3.8) is 0 Å². The summed E-state index contributed by atoms with van der Waals surface area (Å²) in [5.74, 6) is -2.16. The monoisotopic (exact) mass is 408 g/mol. The molecule has 2 aromatic carbocycles. The number of nitrogens with one attached hydrogen (secondary N) is 2. The number of hydrazone groups is 1. The second-order valence-corrected chi connectivity index (χ2v) is 5.87. The highest BCUT2D eigenvalue weighted by Gasteiger charge is 2.15. The van der Waals surface area contributed by atoms with Crippen molar-refractivity contribution in [2.75, 3.05) is 11.9 Å². The molecule has 0 fully saturated rings. The highest BCUT2D eigenvalue weighted by molar-refractivity contribution is 6.45. The van der Waals surface area contributed by atoms with Gasteiger partial charge in [-0.15, -0.1) is 0 Å². The van der Waals surface area contributed by atoms with E-state index < -0.39 is 17.7 Å². The van der Waals surface area contributed by atoms with E-state index in [0.717, 1.165) is 0 Å². The molecule has 4 N–H and O–H groups in total. The van der Waals surface area contributed by atoms with Gasteiger partial charge in [-0.25, -0.2) is 5.43 Å². The first-order valence-electron chi connectivity index (χ1n) is 7.46. The predicted molar refractivity (Wildman–Crippen MR) is 102 cm³/mol. The summed E-state index contributed by atoms with van der Waals surface area (Å²) in [5.41, 5.74) is 7.85. The fraction of sp³-hybridized carbons (Fsp3) is 0.0588. The summed E-state index contributed by atoms with van der Waals surface area (Å²) in [6.07, 6.45) is 1.30. The number of benzene rings is 2. The molecule has 8 nitrogen and oxygen atoms in total. The lowest BCUT2D eigenvalue weighted by molar-refractivity contribution is -0.136. The second-order valence-electron chi connectivity index (χ2n) is 5.08. The lowest BCUT2D eigenvalue weighted by atomic mass is 10.2. The molecule has 2 rings (SSSR count). The Morgan fingerprint density at radius 2 is 1.85 bits per heavy atom. The van der Waals surface area contributed by atoms with Gasteiger partial charge in [-0.1, -0.05) is 41.4 Å². The summed E-state index contributed by atoms with van der Waals surface area (Å²) >= 11 is 11.8. The molecule has 0 aromatic heterocycles. The lowest BCUT2D eigenvalue weighted by Gasteiger charge is -2.07. The quantitative estimate of drug-likeness (QED) is 0.383. The van der Waals surface area contributed by atoms with Crippen molar-refractivity contribution in [1.29, 1.82) is 0 Å². The molecular weight excluding hydrogens is 395 g/mol. The number of carbonyl (C=O) groups is 3. The van der Waals surface area contributed by atoms with Gasteiger partial charge in [0.25, 0.3) is 5.91 Å². The Balaban J connectivity index is 1.92. The van der Waals surface area contributed by atoms with Crippen molar-refractivity contribution in [3.05, 3.63) is 58.1 Å². The Kier molecular flexibility index (Phi) is 7.16. The first kappa shape index (κ1) is 20.2. The average Bonchev–Trinajstić information content (AvgIpc) is 2.64. The zero-order valence-corrected chi connectivity index (χ0v) is 15.3. The number of hydrogen-bond donors (Lipinski definition) is 3. The van der Waals surface area contributed by atoms with Crippen LogP contribution in [0.1, 0.15) is 5.56 Å². The van der Waals surface area contributed by atoms with Gasteiger partial charge in [-0.05, 0) is 29.8 Å². The summed E-state index contributed by atoms with van der Waals surface area (Å²) < 4.78 is 5.15. The van der Waals surface area contributed by atoms with Crippen molar-refractivity contribution < 1.29 is 19.1 Å². The average molecular weight is 409 g/mol. The highest BCUT2D eigenvalue weighted by atomic mass is 35.5. The fourth-order valence-corrected chi connectivity index (χ4v) is 2.18. The van der Waals surface area contributed by atoms with Gasteiger partial charge in [0.1, 0.15) is 5.75 Å².